The van der Waals surface area contributed by atoms with Crippen LogP contribution >= 0.6 is 15.9 Å². The van der Waals surface area contributed by atoms with Gasteiger partial charge in [-0.15, -0.1) is 0 Å². The van der Waals surface area contributed by atoms with Crippen molar-refractivity contribution in [2.45, 2.75) is 41.0 Å². The Labute approximate surface area is 129 Å². The van der Waals surface area contributed by atoms with Crippen LogP contribution in [0.2, 0.25) is 0 Å². The SMILES string of the molecule is CCOc1cc(Br)c(C(=O)C(C)(C)CC)cc1OCC. The number of hydrogen-bond donors (Lipinski definition) is 0. The Bertz CT molecular complexity index is 481. The maximum atomic E-state index is 12.6. The summed E-state index contributed by atoms with van der Waals surface area (Å²) in [5.41, 5.74) is 0.253. The second kappa shape index (κ2) is 7.11. The number of carbonyl (C=O) groups excluding carboxylic acids is 1. The summed E-state index contributed by atoms with van der Waals surface area (Å²) in [6.45, 7) is 10.9. The number of rotatable bonds is 7. The predicted molar refractivity (Wildman–Crippen MR) is 84.9 cm³/mol. The van der Waals surface area contributed by atoms with Crippen LogP contribution in [0.25, 0.3) is 0 Å². The second-order valence-electron chi connectivity index (χ2n) is 5.21. The van der Waals surface area contributed by atoms with E-state index in [1.165, 1.54) is 0 Å². The minimum Gasteiger partial charge on any atom is -0.490 e. The Kier molecular flexibility index (Phi) is 6.06. The molecule has 0 fully saturated rings. The van der Waals surface area contributed by atoms with Crippen LogP contribution in [0.15, 0.2) is 16.6 Å². The third-order valence-electron chi connectivity index (χ3n) is 3.38. The fourth-order valence-corrected chi connectivity index (χ4v) is 2.27. The lowest BCUT2D eigenvalue weighted by molar-refractivity contribution is 0.0831. The fourth-order valence-electron chi connectivity index (χ4n) is 1.77. The lowest BCUT2D eigenvalue weighted by Gasteiger charge is -2.22. The average Bonchev–Trinajstić information content (AvgIpc) is 2.41. The minimum absolute atomic E-state index is 0.107. The van der Waals surface area contributed by atoms with Crippen LogP contribution in [0.4, 0.5) is 0 Å². The average molecular weight is 343 g/mol. The summed E-state index contributed by atoms with van der Waals surface area (Å²) in [5.74, 6) is 1.38. The molecule has 0 amide bonds. The number of Topliss-reactive ketones (excluding diaryl/α,β-unsaturated/α-hetero) is 1. The highest BCUT2D eigenvalue weighted by Crippen LogP contribution is 2.37. The maximum absolute atomic E-state index is 12.6. The first-order valence-electron chi connectivity index (χ1n) is 7.01. The maximum Gasteiger partial charge on any atom is 0.169 e. The molecule has 0 spiro atoms. The van der Waals surface area contributed by atoms with Crippen molar-refractivity contribution in [3.05, 3.63) is 22.2 Å². The summed E-state index contributed by atoms with van der Waals surface area (Å²) in [5, 5.41) is 0. The van der Waals surface area contributed by atoms with Crippen molar-refractivity contribution < 1.29 is 14.3 Å². The molecule has 0 saturated carbocycles. The monoisotopic (exact) mass is 342 g/mol. The van der Waals surface area contributed by atoms with Crippen LogP contribution in [-0.4, -0.2) is 19.0 Å². The van der Waals surface area contributed by atoms with Gasteiger partial charge in [-0.1, -0.05) is 20.8 Å². The topological polar surface area (TPSA) is 35.5 Å². The van der Waals surface area contributed by atoms with Gasteiger partial charge < -0.3 is 9.47 Å². The van der Waals surface area contributed by atoms with Gasteiger partial charge in [-0.2, -0.15) is 0 Å². The van der Waals surface area contributed by atoms with Gasteiger partial charge in [-0.3, -0.25) is 4.79 Å². The molecule has 0 saturated heterocycles. The van der Waals surface area contributed by atoms with Crippen molar-refractivity contribution in [3.63, 3.8) is 0 Å². The molecule has 0 aliphatic carbocycles. The molecule has 0 heterocycles. The molecule has 0 N–H and O–H groups in total. The normalized spacial score (nSPS) is 11.3. The predicted octanol–water partition coefficient (Wildman–Crippen LogP) is 4.87. The van der Waals surface area contributed by atoms with Gasteiger partial charge in [0.1, 0.15) is 0 Å². The van der Waals surface area contributed by atoms with Gasteiger partial charge in [0.25, 0.3) is 0 Å². The Hall–Kier alpha value is -1.03. The van der Waals surface area contributed by atoms with Gasteiger partial charge in [0.05, 0.1) is 13.2 Å². The van der Waals surface area contributed by atoms with Crippen molar-refractivity contribution in [2.75, 3.05) is 13.2 Å². The molecule has 1 rings (SSSR count). The van der Waals surface area contributed by atoms with E-state index in [2.05, 4.69) is 15.9 Å². The molecule has 4 heteroatoms. The Morgan fingerprint density at radius 2 is 1.60 bits per heavy atom. The van der Waals surface area contributed by atoms with Crippen molar-refractivity contribution in [1.82, 2.24) is 0 Å². The van der Waals surface area contributed by atoms with E-state index in [0.717, 1.165) is 10.9 Å². The van der Waals surface area contributed by atoms with E-state index in [0.29, 0.717) is 30.3 Å². The quantitative estimate of drug-likeness (QED) is 0.663. The number of ether oxygens (including phenoxy) is 2. The smallest absolute Gasteiger partial charge is 0.169 e. The van der Waals surface area contributed by atoms with Crippen LogP contribution in [0.3, 0.4) is 0 Å². The molecule has 0 unspecified atom stereocenters. The number of ketones is 1. The second-order valence-corrected chi connectivity index (χ2v) is 6.07. The van der Waals surface area contributed by atoms with Crippen LogP contribution in [0.5, 0.6) is 11.5 Å². The molecular weight excluding hydrogens is 320 g/mol. The van der Waals surface area contributed by atoms with Crippen molar-refractivity contribution >= 4 is 21.7 Å². The zero-order chi connectivity index (χ0) is 15.3. The van der Waals surface area contributed by atoms with Gasteiger partial charge in [-0.25, -0.2) is 0 Å². The van der Waals surface area contributed by atoms with Gasteiger partial charge in [0, 0.05) is 15.5 Å². The fraction of sp³-hybridized carbons (Fsp3) is 0.562. The molecule has 1 aromatic rings. The Morgan fingerprint density at radius 3 is 2.05 bits per heavy atom. The molecule has 0 aliphatic heterocycles. The van der Waals surface area contributed by atoms with Crippen molar-refractivity contribution in [3.8, 4) is 11.5 Å². The Balaban J connectivity index is 3.28. The minimum atomic E-state index is -0.390. The molecule has 0 radical (unpaired) electrons. The first-order valence-corrected chi connectivity index (χ1v) is 7.80. The highest BCUT2D eigenvalue weighted by atomic mass is 79.9. The molecule has 0 aromatic heterocycles. The van der Waals surface area contributed by atoms with E-state index in [-0.39, 0.29) is 11.2 Å². The number of halogens is 1. The summed E-state index contributed by atoms with van der Waals surface area (Å²) in [4.78, 5) is 12.6. The first-order chi connectivity index (χ1) is 9.37. The summed E-state index contributed by atoms with van der Waals surface area (Å²) < 4.78 is 11.9. The summed E-state index contributed by atoms with van der Waals surface area (Å²) in [7, 11) is 0. The highest BCUT2D eigenvalue weighted by Gasteiger charge is 2.29. The van der Waals surface area contributed by atoms with E-state index in [4.69, 9.17) is 9.47 Å². The van der Waals surface area contributed by atoms with Crippen molar-refractivity contribution in [1.29, 1.82) is 0 Å². The Morgan fingerprint density at radius 1 is 1.10 bits per heavy atom. The third kappa shape index (κ3) is 3.75. The van der Waals surface area contributed by atoms with Crippen LogP contribution in [-0.2, 0) is 0 Å². The van der Waals surface area contributed by atoms with E-state index in [9.17, 15) is 4.79 Å². The van der Waals surface area contributed by atoms with Gasteiger partial charge >= 0.3 is 0 Å². The molecule has 20 heavy (non-hydrogen) atoms. The van der Waals surface area contributed by atoms with E-state index in [1.54, 1.807) is 6.07 Å². The molecular formula is C16H23BrO3. The largest absolute Gasteiger partial charge is 0.490 e. The lowest BCUT2D eigenvalue weighted by Crippen LogP contribution is -2.23. The van der Waals surface area contributed by atoms with Crippen molar-refractivity contribution in [2.24, 2.45) is 5.41 Å². The standard InChI is InChI=1S/C16H23BrO3/c1-6-16(4,5)15(18)11-9-13(19-7-2)14(20-8-3)10-12(11)17/h9-10H,6-8H2,1-5H3. The number of benzene rings is 1. The van der Waals surface area contributed by atoms with Crippen LogP contribution < -0.4 is 9.47 Å². The molecule has 1 aromatic carbocycles. The third-order valence-corrected chi connectivity index (χ3v) is 4.03. The summed E-state index contributed by atoms with van der Waals surface area (Å²) in [6, 6.07) is 3.59. The van der Waals surface area contributed by atoms with Crippen LogP contribution in [0, 0.1) is 5.41 Å². The summed E-state index contributed by atoms with van der Waals surface area (Å²) >= 11 is 3.47. The van der Waals surface area contributed by atoms with Gasteiger partial charge in [-0.05, 0) is 48.3 Å². The van der Waals surface area contributed by atoms with Gasteiger partial charge in [0.2, 0.25) is 0 Å². The zero-order valence-electron chi connectivity index (χ0n) is 12.9. The molecule has 0 bridgehead atoms. The molecule has 3 nitrogen and oxygen atoms in total. The summed E-state index contributed by atoms with van der Waals surface area (Å²) in [6.07, 6.45) is 0.787. The highest BCUT2D eigenvalue weighted by molar-refractivity contribution is 9.10. The van der Waals surface area contributed by atoms with Gasteiger partial charge in [0.15, 0.2) is 17.3 Å². The molecule has 0 aliphatic rings. The molecule has 112 valence electrons. The number of hydrogen-bond acceptors (Lipinski definition) is 3. The molecule has 0 atom stereocenters. The first kappa shape index (κ1) is 17.0. The van der Waals surface area contributed by atoms with E-state index >= 15 is 0 Å². The lowest BCUT2D eigenvalue weighted by atomic mass is 9.82. The van der Waals surface area contributed by atoms with E-state index in [1.807, 2.05) is 40.7 Å². The zero-order valence-corrected chi connectivity index (χ0v) is 14.5. The number of carbonyl (C=O) groups is 1. The van der Waals surface area contributed by atoms with Crippen LogP contribution in [0.1, 0.15) is 51.4 Å². The van der Waals surface area contributed by atoms with E-state index < -0.39 is 0 Å².